The minimum Gasteiger partial charge on any atom is -0.376 e. The number of hydrogen-bond donors (Lipinski definition) is 0. The minimum absolute atomic E-state index is 0.230. The van der Waals surface area contributed by atoms with Gasteiger partial charge in [-0.1, -0.05) is 13.3 Å². The maximum atomic E-state index is 12.4. The van der Waals surface area contributed by atoms with Crippen molar-refractivity contribution in [2.24, 2.45) is 5.92 Å². The number of rotatable bonds is 10. The molecule has 0 fully saturated rings. The van der Waals surface area contributed by atoms with Crippen LogP contribution >= 0.6 is 0 Å². The lowest BCUT2D eigenvalue weighted by molar-refractivity contribution is 0.0136. The normalized spacial score (nSPS) is 16.4. The number of nitrogens with zero attached hydrogens (tertiary/aromatic N) is 1. The number of halogens is 1. The number of hydrogen-bond acceptors (Lipinski definition) is 3. The fraction of sp³-hybridized carbons (Fsp3) is 1.00. The highest BCUT2D eigenvalue weighted by Crippen LogP contribution is 2.27. The first-order valence-corrected chi connectivity index (χ1v) is 9.01. The summed E-state index contributed by atoms with van der Waals surface area (Å²) in [6, 6.07) is 0. The second-order valence-corrected chi connectivity index (χ2v) is 8.21. The predicted octanol–water partition coefficient (Wildman–Crippen LogP) is 2.84. The second-order valence-electron chi connectivity index (χ2n) is 6.20. The van der Waals surface area contributed by atoms with Gasteiger partial charge in [-0.3, -0.25) is 0 Å². The third-order valence-electron chi connectivity index (χ3n) is 3.67. The molecule has 0 saturated heterocycles. The van der Waals surface area contributed by atoms with E-state index in [0.717, 1.165) is 12.8 Å². The van der Waals surface area contributed by atoms with Crippen LogP contribution in [-0.2, 0) is 14.8 Å². The molecule has 0 bridgehead atoms. The van der Waals surface area contributed by atoms with Gasteiger partial charge in [-0.25, -0.2) is 12.8 Å². The molecule has 6 heteroatoms. The van der Waals surface area contributed by atoms with E-state index >= 15 is 0 Å². The van der Waals surface area contributed by atoms with Crippen molar-refractivity contribution in [2.45, 2.75) is 58.6 Å². The van der Waals surface area contributed by atoms with Gasteiger partial charge in [0.05, 0.1) is 12.4 Å². The Morgan fingerprint density at radius 2 is 1.90 bits per heavy atom. The van der Waals surface area contributed by atoms with Crippen LogP contribution in [0, 0.1) is 5.92 Å². The molecule has 0 aromatic heterocycles. The molecule has 0 aliphatic heterocycles. The summed E-state index contributed by atoms with van der Waals surface area (Å²) in [5.41, 5.74) is -0.476. The van der Waals surface area contributed by atoms with E-state index in [1.165, 1.54) is 10.6 Å². The van der Waals surface area contributed by atoms with Crippen molar-refractivity contribution < 1.29 is 17.5 Å². The first kappa shape index (κ1) is 19.8. The Labute approximate surface area is 123 Å². The summed E-state index contributed by atoms with van der Waals surface area (Å²) >= 11 is 0. The molecule has 1 unspecified atom stereocenters. The van der Waals surface area contributed by atoms with E-state index in [-0.39, 0.29) is 5.92 Å². The molecule has 0 spiro atoms. The van der Waals surface area contributed by atoms with Crippen LogP contribution in [0.4, 0.5) is 4.39 Å². The van der Waals surface area contributed by atoms with E-state index in [2.05, 4.69) is 6.92 Å². The van der Waals surface area contributed by atoms with Crippen LogP contribution in [0.15, 0.2) is 0 Å². The standard InChI is InChI=1S/C14H30FNO3S/c1-7-8-13(11-19-12(2)10-15)9-14(3,4)16(5)20(6,17)18/h12-13H,7-11H2,1-6H3/t12-,13?/m1/s1. The number of sulfonamides is 1. The van der Waals surface area contributed by atoms with Crippen LogP contribution in [0.1, 0.15) is 47.0 Å². The Bertz CT molecular complexity index is 371. The summed E-state index contributed by atoms with van der Waals surface area (Å²) in [5.74, 6) is 0.230. The highest BCUT2D eigenvalue weighted by atomic mass is 32.2. The monoisotopic (exact) mass is 311 g/mol. The van der Waals surface area contributed by atoms with Gasteiger partial charge in [0.15, 0.2) is 0 Å². The minimum atomic E-state index is -3.22. The van der Waals surface area contributed by atoms with E-state index in [9.17, 15) is 12.8 Å². The maximum Gasteiger partial charge on any atom is 0.211 e. The van der Waals surface area contributed by atoms with Gasteiger partial charge in [0, 0.05) is 19.2 Å². The Morgan fingerprint density at radius 3 is 2.30 bits per heavy atom. The average molecular weight is 311 g/mol. The van der Waals surface area contributed by atoms with Gasteiger partial charge in [-0.05, 0) is 39.5 Å². The SMILES string of the molecule is CCCC(CO[C@H](C)CF)CC(C)(C)N(C)S(C)(=O)=O. The number of alkyl halides is 1. The van der Waals surface area contributed by atoms with Gasteiger partial charge < -0.3 is 4.74 Å². The first-order chi connectivity index (χ1) is 9.04. The summed E-state index contributed by atoms with van der Waals surface area (Å²) in [4.78, 5) is 0. The molecule has 0 saturated carbocycles. The van der Waals surface area contributed by atoms with E-state index in [1.807, 2.05) is 13.8 Å². The summed E-state index contributed by atoms with van der Waals surface area (Å²) < 4.78 is 42.7. The fourth-order valence-corrected chi connectivity index (χ4v) is 3.25. The summed E-state index contributed by atoms with van der Waals surface area (Å²) in [5, 5.41) is 0. The molecule has 20 heavy (non-hydrogen) atoms. The third kappa shape index (κ3) is 6.99. The van der Waals surface area contributed by atoms with Gasteiger partial charge in [-0.15, -0.1) is 0 Å². The lowest BCUT2D eigenvalue weighted by Gasteiger charge is -2.36. The van der Waals surface area contributed by atoms with Crippen LogP contribution in [-0.4, -0.2) is 51.0 Å². The van der Waals surface area contributed by atoms with Crippen molar-refractivity contribution in [1.82, 2.24) is 4.31 Å². The predicted molar refractivity (Wildman–Crippen MR) is 81.1 cm³/mol. The molecule has 2 atom stereocenters. The molecule has 0 heterocycles. The second kappa shape index (κ2) is 8.29. The molecular formula is C14H30FNO3S. The molecule has 0 aromatic rings. The Hall–Kier alpha value is -0.200. The average Bonchev–Trinajstić information content (AvgIpc) is 2.33. The first-order valence-electron chi connectivity index (χ1n) is 7.16. The molecule has 122 valence electrons. The highest BCUT2D eigenvalue weighted by Gasteiger charge is 2.32. The van der Waals surface area contributed by atoms with Gasteiger partial charge in [0.1, 0.15) is 6.67 Å². The molecular weight excluding hydrogens is 281 g/mol. The maximum absolute atomic E-state index is 12.4. The third-order valence-corrected chi connectivity index (χ3v) is 5.16. The van der Waals surface area contributed by atoms with Gasteiger partial charge in [-0.2, -0.15) is 4.31 Å². The molecule has 0 amide bonds. The zero-order chi connectivity index (χ0) is 16.0. The van der Waals surface area contributed by atoms with Crippen molar-refractivity contribution in [1.29, 1.82) is 0 Å². The van der Waals surface area contributed by atoms with E-state index < -0.39 is 28.3 Å². The topological polar surface area (TPSA) is 46.6 Å². The molecule has 0 radical (unpaired) electrons. The van der Waals surface area contributed by atoms with Crippen LogP contribution in [0.3, 0.4) is 0 Å². The van der Waals surface area contributed by atoms with Crippen molar-refractivity contribution in [3.63, 3.8) is 0 Å². The van der Waals surface area contributed by atoms with E-state index in [0.29, 0.717) is 13.0 Å². The van der Waals surface area contributed by atoms with Crippen molar-refractivity contribution >= 4 is 10.0 Å². The van der Waals surface area contributed by atoms with Gasteiger partial charge >= 0.3 is 0 Å². The Balaban J connectivity index is 4.71. The molecule has 0 aliphatic carbocycles. The summed E-state index contributed by atoms with van der Waals surface area (Å²) in [6.45, 7) is 7.59. The van der Waals surface area contributed by atoms with Crippen LogP contribution in [0.25, 0.3) is 0 Å². The quantitative estimate of drug-likeness (QED) is 0.623. The van der Waals surface area contributed by atoms with Gasteiger partial charge in [0.25, 0.3) is 0 Å². The molecule has 0 aromatic carbocycles. The largest absolute Gasteiger partial charge is 0.376 e. The zero-order valence-corrected chi connectivity index (χ0v) is 14.5. The molecule has 0 aliphatic rings. The van der Waals surface area contributed by atoms with Crippen molar-refractivity contribution in [2.75, 3.05) is 26.6 Å². The smallest absolute Gasteiger partial charge is 0.211 e. The van der Waals surface area contributed by atoms with Crippen molar-refractivity contribution in [3.05, 3.63) is 0 Å². The molecule has 0 rings (SSSR count). The van der Waals surface area contributed by atoms with Crippen molar-refractivity contribution in [3.8, 4) is 0 Å². The number of ether oxygens (including phenoxy) is 1. The van der Waals surface area contributed by atoms with E-state index in [4.69, 9.17) is 4.74 Å². The van der Waals surface area contributed by atoms with Crippen LogP contribution in [0.5, 0.6) is 0 Å². The van der Waals surface area contributed by atoms with Gasteiger partial charge in [0.2, 0.25) is 10.0 Å². The van der Waals surface area contributed by atoms with Crippen LogP contribution in [0.2, 0.25) is 0 Å². The molecule has 0 N–H and O–H groups in total. The lowest BCUT2D eigenvalue weighted by Crippen LogP contribution is -2.46. The summed E-state index contributed by atoms with van der Waals surface area (Å²) in [7, 11) is -1.62. The zero-order valence-electron chi connectivity index (χ0n) is 13.6. The lowest BCUT2D eigenvalue weighted by atomic mass is 9.88. The molecule has 4 nitrogen and oxygen atoms in total. The highest BCUT2D eigenvalue weighted by molar-refractivity contribution is 7.88. The summed E-state index contributed by atoms with van der Waals surface area (Å²) in [6.07, 6.45) is 3.45. The van der Waals surface area contributed by atoms with Crippen LogP contribution < -0.4 is 0 Å². The Kier molecular flexibility index (Phi) is 8.21. The van der Waals surface area contributed by atoms with E-state index in [1.54, 1.807) is 14.0 Å². The Morgan fingerprint density at radius 1 is 1.35 bits per heavy atom. The fourth-order valence-electron chi connectivity index (χ4n) is 2.28.